The van der Waals surface area contributed by atoms with Gasteiger partial charge in [-0.05, 0) is 44.1 Å². The number of nitrogens with one attached hydrogen (secondary N) is 2. The van der Waals surface area contributed by atoms with Gasteiger partial charge in [-0.15, -0.1) is 24.0 Å². The van der Waals surface area contributed by atoms with Crippen molar-refractivity contribution in [1.82, 2.24) is 15.6 Å². The van der Waals surface area contributed by atoms with Gasteiger partial charge in [0.1, 0.15) is 0 Å². The lowest BCUT2D eigenvalue weighted by Gasteiger charge is -2.24. The lowest BCUT2D eigenvalue weighted by molar-refractivity contribution is 0.584. The van der Waals surface area contributed by atoms with E-state index in [2.05, 4.69) is 65.5 Å². The molecule has 0 saturated carbocycles. The summed E-state index contributed by atoms with van der Waals surface area (Å²) in [5.41, 5.74) is 2.20. The Morgan fingerprint density at radius 3 is 2.88 bits per heavy atom. The number of pyridine rings is 1. The fraction of sp³-hybridized carbons (Fsp3) is 0.474. The smallest absolute Gasteiger partial charge is 0.191 e. The Morgan fingerprint density at radius 1 is 1.28 bits per heavy atom. The molecular formula is C19H27IN4S. The van der Waals surface area contributed by atoms with Crippen molar-refractivity contribution in [3.8, 4) is 0 Å². The highest BCUT2D eigenvalue weighted by molar-refractivity contribution is 14.0. The number of nitrogens with zero attached hydrogens (tertiary/aromatic N) is 2. The lowest BCUT2D eigenvalue weighted by atomic mass is 10.1. The van der Waals surface area contributed by atoms with Crippen LogP contribution in [0.3, 0.4) is 0 Å². The molecule has 1 saturated heterocycles. The number of thioether (sulfide) groups is 1. The Hall–Kier alpha value is -1.02. The molecule has 1 atom stereocenters. The standard InChI is InChI=1S/C19H26N4S.HI/c1-3-20-18(23-14-19(2)10-6-12-24-19)22-13-16-8-4-7-15-9-5-11-21-17(15)16;/h4-5,7-9,11H,3,6,10,12-14H2,1-2H3,(H2,20,22,23);1H. The molecule has 25 heavy (non-hydrogen) atoms. The van der Waals surface area contributed by atoms with E-state index in [4.69, 9.17) is 4.99 Å². The van der Waals surface area contributed by atoms with E-state index in [1.165, 1.54) is 18.6 Å². The second kappa shape index (κ2) is 9.62. The molecule has 2 aromatic rings. The molecule has 0 spiro atoms. The Balaban J connectivity index is 0.00000225. The first-order valence-corrected chi connectivity index (χ1v) is 9.67. The zero-order valence-electron chi connectivity index (χ0n) is 14.9. The fourth-order valence-electron chi connectivity index (χ4n) is 3.05. The van der Waals surface area contributed by atoms with E-state index in [1.54, 1.807) is 0 Å². The largest absolute Gasteiger partial charge is 0.357 e. The molecule has 0 bridgehead atoms. The molecule has 1 aromatic heterocycles. The van der Waals surface area contributed by atoms with E-state index < -0.39 is 0 Å². The second-order valence-electron chi connectivity index (χ2n) is 6.44. The molecule has 1 aliphatic heterocycles. The van der Waals surface area contributed by atoms with E-state index in [9.17, 15) is 0 Å². The van der Waals surface area contributed by atoms with Crippen molar-refractivity contribution in [3.63, 3.8) is 0 Å². The molecule has 1 aliphatic rings. The third-order valence-corrected chi connectivity index (χ3v) is 5.94. The third kappa shape index (κ3) is 5.48. The first-order valence-electron chi connectivity index (χ1n) is 8.69. The summed E-state index contributed by atoms with van der Waals surface area (Å²) >= 11 is 2.07. The first kappa shape index (κ1) is 20.3. The van der Waals surface area contributed by atoms with Gasteiger partial charge < -0.3 is 10.6 Å². The molecule has 2 heterocycles. The van der Waals surface area contributed by atoms with Gasteiger partial charge >= 0.3 is 0 Å². The number of halogens is 1. The van der Waals surface area contributed by atoms with Crippen LogP contribution in [-0.2, 0) is 6.54 Å². The molecule has 4 nitrogen and oxygen atoms in total. The van der Waals surface area contributed by atoms with Crippen LogP contribution in [0, 0.1) is 0 Å². The molecule has 0 radical (unpaired) electrons. The minimum Gasteiger partial charge on any atom is -0.357 e. The van der Waals surface area contributed by atoms with Crippen molar-refractivity contribution in [3.05, 3.63) is 42.1 Å². The second-order valence-corrected chi connectivity index (χ2v) is 8.13. The van der Waals surface area contributed by atoms with Crippen LogP contribution >= 0.6 is 35.7 Å². The summed E-state index contributed by atoms with van der Waals surface area (Å²) in [6.45, 7) is 6.90. The summed E-state index contributed by atoms with van der Waals surface area (Å²) < 4.78 is 0.331. The van der Waals surface area contributed by atoms with E-state index >= 15 is 0 Å². The van der Waals surface area contributed by atoms with Gasteiger partial charge in [0.2, 0.25) is 0 Å². The van der Waals surface area contributed by atoms with Crippen LogP contribution in [-0.4, -0.2) is 34.5 Å². The summed E-state index contributed by atoms with van der Waals surface area (Å²) in [4.78, 5) is 9.28. The van der Waals surface area contributed by atoms with Crippen molar-refractivity contribution in [2.45, 2.75) is 38.0 Å². The van der Waals surface area contributed by atoms with Crippen LogP contribution in [0.5, 0.6) is 0 Å². The van der Waals surface area contributed by atoms with Crippen molar-refractivity contribution < 1.29 is 0 Å². The van der Waals surface area contributed by atoms with Crippen LogP contribution < -0.4 is 10.6 Å². The predicted molar refractivity (Wildman–Crippen MR) is 120 cm³/mol. The zero-order chi connectivity index (χ0) is 16.8. The maximum atomic E-state index is 4.77. The molecule has 6 heteroatoms. The van der Waals surface area contributed by atoms with Crippen LogP contribution in [0.1, 0.15) is 32.3 Å². The Kier molecular flexibility index (Phi) is 7.81. The molecule has 1 unspecified atom stereocenters. The van der Waals surface area contributed by atoms with Crippen LogP contribution in [0.25, 0.3) is 10.9 Å². The van der Waals surface area contributed by atoms with E-state index in [-0.39, 0.29) is 24.0 Å². The summed E-state index contributed by atoms with van der Waals surface area (Å²) in [6, 6.07) is 10.3. The molecule has 2 N–H and O–H groups in total. The minimum absolute atomic E-state index is 0. The highest BCUT2D eigenvalue weighted by atomic mass is 127. The minimum atomic E-state index is 0. The summed E-state index contributed by atoms with van der Waals surface area (Å²) in [5, 5.41) is 8.04. The van der Waals surface area contributed by atoms with Gasteiger partial charge in [0.25, 0.3) is 0 Å². The van der Waals surface area contributed by atoms with Crippen LogP contribution in [0.15, 0.2) is 41.5 Å². The van der Waals surface area contributed by atoms with Gasteiger partial charge in [0.05, 0.1) is 12.1 Å². The molecule has 0 aliphatic carbocycles. The van der Waals surface area contributed by atoms with Crippen molar-refractivity contribution in [2.24, 2.45) is 4.99 Å². The van der Waals surface area contributed by atoms with E-state index in [1.807, 2.05) is 12.3 Å². The van der Waals surface area contributed by atoms with E-state index in [0.29, 0.717) is 11.3 Å². The van der Waals surface area contributed by atoms with Gasteiger partial charge in [-0.1, -0.05) is 24.3 Å². The first-order chi connectivity index (χ1) is 11.7. The highest BCUT2D eigenvalue weighted by Gasteiger charge is 2.29. The summed E-state index contributed by atoms with van der Waals surface area (Å²) in [5.74, 6) is 2.16. The molecule has 0 amide bonds. The molecule has 1 fully saturated rings. The Bertz CT molecular complexity index is 708. The predicted octanol–water partition coefficient (Wildman–Crippen LogP) is 4.19. The number of aromatic nitrogens is 1. The van der Waals surface area contributed by atoms with Gasteiger partial charge in [0, 0.05) is 29.4 Å². The van der Waals surface area contributed by atoms with Crippen molar-refractivity contribution in [1.29, 1.82) is 0 Å². The van der Waals surface area contributed by atoms with E-state index in [0.717, 1.165) is 35.5 Å². The number of aliphatic imine (C=N–C) groups is 1. The van der Waals surface area contributed by atoms with Gasteiger partial charge in [0.15, 0.2) is 5.96 Å². The number of hydrogen-bond donors (Lipinski definition) is 2. The number of fused-ring (bicyclic) bond motifs is 1. The quantitative estimate of drug-likeness (QED) is 0.391. The van der Waals surface area contributed by atoms with Crippen molar-refractivity contribution in [2.75, 3.05) is 18.8 Å². The van der Waals surface area contributed by atoms with Gasteiger partial charge in [-0.3, -0.25) is 4.98 Å². The molecule has 1 aromatic carbocycles. The summed E-state index contributed by atoms with van der Waals surface area (Å²) in [6.07, 6.45) is 4.44. The Morgan fingerprint density at radius 2 is 2.12 bits per heavy atom. The molecule has 136 valence electrons. The number of para-hydroxylation sites is 1. The SMILES string of the molecule is CCNC(=NCc1cccc2cccnc12)NCC1(C)CCCS1.I. The van der Waals surface area contributed by atoms with Crippen LogP contribution in [0.2, 0.25) is 0 Å². The average Bonchev–Trinajstić information content (AvgIpc) is 3.04. The number of benzene rings is 1. The maximum absolute atomic E-state index is 4.77. The highest BCUT2D eigenvalue weighted by Crippen LogP contribution is 2.36. The molecular weight excluding hydrogens is 443 g/mol. The Labute approximate surface area is 171 Å². The zero-order valence-corrected chi connectivity index (χ0v) is 18.1. The lowest BCUT2D eigenvalue weighted by Crippen LogP contribution is -2.43. The summed E-state index contributed by atoms with van der Waals surface area (Å²) in [7, 11) is 0. The normalized spacial score (nSPS) is 20.3. The molecule has 3 rings (SSSR count). The van der Waals surface area contributed by atoms with Gasteiger partial charge in [-0.25, -0.2) is 4.99 Å². The number of guanidine groups is 1. The number of hydrogen-bond acceptors (Lipinski definition) is 3. The third-order valence-electron chi connectivity index (χ3n) is 4.40. The van der Waals surface area contributed by atoms with Crippen molar-refractivity contribution >= 4 is 52.6 Å². The average molecular weight is 470 g/mol. The monoisotopic (exact) mass is 470 g/mol. The van der Waals surface area contributed by atoms with Crippen LogP contribution in [0.4, 0.5) is 0 Å². The van der Waals surface area contributed by atoms with Gasteiger partial charge in [-0.2, -0.15) is 11.8 Å². The number of rotatable bonds is 5. The fourth-order valence-corrected chi connectivity index (χ4v) is 4.29. The maximum Gasteiger partial charge on any atom is 0.191 e. The topological polar surface area (TPSA) is 49.3 Å².